The van der Waals surface area contributed by atoms with E-state index in [0.717, 1.165) is 15.4 Å². The fraction of sp³-hybridized carbons (Fsp3) is 0.212. The molecule has 0 bridgehead atoms. The highest BCUT2D eigenvalue weighted by molar-refractivity contribution is 7.92. The van der Waals surface area contributed by atoms with Crippen LogP contribution in [0.5, 0.6) is 0 Å². The van der Waals surface area contributed by atoms with Gasteiger partial charge in [-0.2, -0.15) is 0 Å². The van der Waals surface area contributed by atoms with E-state index in [1.165, 1.54) is 29.2 Å². The summed E-state index contributed by atoms with van der Waals surface area (Å²) in [5.41, 5.74) is 2.75. The van der Waals surface area contributed by atoms with Crippen LogP contribution in [0, 0.1) is 6.92 Å². The molecule has 0 heterocycles. The first-order valence-corrected chi connectivity index (χ1v) is 15.5. The van der Waals surface area contributed by atoms with Gasteiger partial charge in [0.15, 0.2) is 0 Å². The number of likely N-dealkylation sites (N-methyl/N-ethyl adjacent to an activating group) is 1. The first-order chi connectivity index (χ1) is 20.2. The Morgan fingerprint density at radius 3 is 1.98 bits per heavy atom. The molecule has 4 aromatic rings. The number of rotatable bonds is 12. The standard InChI is InChI=1S/C33H34ClN3O4S/c1-3-35-33(39)31(22-26-13-6-4-7-14-26)36(23-27-15-8-5-9-16-27)32(38)24-37(30-17-11-10-12-25(30)2)42(40,41)29-20-18-28(34)19-21-29/h4-21,31H,3,22-24H2,1-2H3,(H,35,39)/t31-/m0/s1. The van der Waals surface area contributed by atoms with Crippen molar-refractivity contribution in [2.24, 2.45) is 0 Å². The lowest BCUT2D eigenvalue weighted by Gasteiger charge is -2.34. The zero-order valence-corrected chi connectivity index (χ0v) is 25.2. The van der Waals surface area contributed by atoms with Gasteiger partial charge in [-0.25, -0.2) is 8.42 Å². The second-order valence-corrected chi connectivity index (χ2v) is 12.2. The Bertz CT molecular complexity index is 1600. The van der Waals surface area contributed by atoms with Crippen molar-refractivity contribution in [2.45, 2.75) is 37.8 Å². The first kappa shape index (κ1) is 30.8. The molecule has 0 aliphatic rings. The molecule has 4 rings (SSSR count). The number of para-hydroxylation sites is 1. The van der Waals surface area contributed by atoms with Gasteiger partial charge in [-0.05, 0) is 60.9 Å². The van der Waals surface area contributed by atoms with Gasteiger partial charge < -0.3 is 10.2 Å². The lowest BCUT2D eigenvalue weighted by atomic mass is 10.0. The van der Waals surface area contributed by atoms with E-state index in [0.29, 0.717) is 22.8 Å². The van der Waals surface area contributed by atoms with Crippen molar-refractivity contribution in [2.75, 3.05) is 17.4 Å². The number of nitrogens with one attached hydrogen (secondary N) is 1. The molecular weight excluding hydrogens is 570 g/mol. The predicted molar refractivity (Wildman–Crippen MR) is 167 cm³/mol. The summed E-state index contributed by atoms with van der Waals surface area (Å²) in [6.07, 6.45) is 0.263. The van der Waals surface area contributed by atoms with Crippen molar-refractivity contribution < 1.29 is 18.0 Å². The van der Waals surface area contributed by atoms with Crippen LogP contribution in [0.2, 0.25) is 5.02 Å². The zero-order chi connectivity index (χ0) is 30.1. The predicted octanol–water partition coefficient (Wildman–Crippen LogP) is 5.62. The average molecular weight is 604 g/mol. The molecule has 0 aliphatic carbocycles. The molecule has 0 aliphatic heterocycles. The Labute approximate surface area is 252 Å². The molecule has 2 amide bonds. The lowest BCUT2D eigenvalue weighted by molar-refractivity contribution is -0.140. The largest absolute Gasteiger partial charge is 0.355 e. The Balaban J connectivity index is 1.79. The van der Waals surface area contributed by atoms with Crippen LogP contribution in [0.25, 0.3) is 0 Å². The fourth-order valence-corrected chi connectivity index (χ4v) is 6.32. The highest BCUT2D eigenvalue weighted by Gasteiger charge is 2.34. The van der Waals surface area contributed by atoms with Gasteiger partial charge in [0.25, 0.3) is 10.0 Å². The van der Waals surface area contributed by atoms with E-state index in [9.17, 15) is 18.0 Å². The molecular formula is C33H34ClN3O4S. The molecule has 42 heavy (non-hydrogen) atoms. The van der Waals surface area contributed by atoms with Crippen molar-refractivity contribution in [3.63, 3.8) is 0 Å². The van der Waals surface area contributed by atoms with Crippen LogP contribution in [0.3, 0.4) is 0 Å². The molecule has 1 N–H and O–H groups in total. The minimum atomic E-state index is -4.18. The molecule has 0 saturated carbocycles. The van der Waals surface area contributed by atoms with Crippen LogP contribution in [0.1, 0.15) is 23.6 Å². The molecule has 0 fully saturated rings. The van der Waals surface area contributed by atoms with E-state index >= 15 is 0 Å². The van der Waals surface area contributed by atoms with E-state index in [1.807, 2.05) is 67.6 Å². The summed E-state index contributed by atoms with van der Waals surface area (Å²) >= 11 is 6.04. The summed E-state index contributed by atoms with van der Waals surface area (Å²) in [5, 5.41) is 3.26. The second kappa shape index (κ2) is 14.2. The van der Waals surface area contributed by atoms with Crippen LogP contribution < -0.4 is 9.62 Å². The smallest absolute Gasteiger partial charge is 0.264 e. The Morgan fingerprint density at radius 1 is 0.810 bits per heavy atom. The van der Waals surface area contributed by atoms with Crippen LogP contribution in [-0.2, 0) is 32.6 Å². The highest BCUT2D eigenvalue weighted by Crippen LogP contribution is 2.28. The van der Waals surface area contributed by atoms with Crippen molar-refractivity contribution in [1.82, 2.24) is 10.2 Å². The third-order valence-corrected chi connectivity index (χ3v) is 8.91. The average Bonchev–Trinajstić information content (AvgIpc) is 2.99. The van der Waals surface area contributed by atoms with Gasteiger partial charge in [0, 0.05) is 24.5 Å². The number of hydrogen-bond acceptors (Lipinski definition) is 4. The number of anilines is 1. The lowest BCUT2D eigenvalue weighted by Crippen LogP contribution is -2.53. The molecule has 9 heteroatoms. The van der Waals surface area contributed by atoms with E-state index in [-0.39, 0.29) is 23.8 Å². The Morgan fingerprint density at radius 2 is 1.38 bits per heavy atom. The van der Waals surface area contributed by atoms with E-state index < -0.39 is 28.5 Å². The molecule has 7 nitrogen and oxygen atoms in total. The monoisotopic (exact) mass is 603 g/mol. The quantitative estimate of drug-likeness (QED) is 0.228. The van der Waals surface area contributed by atoms with Crippen LogP contribution in [0.4, 0.5) is 5.69 Å². The summed E-state index contributed by atoms with van der Waals surface area (Å²) in [6, 6.07) is 30.8. The highest BCUT2D eigenvalue weighted by atomic mass is 35.5. The minimum Gasteiger partial charge on any atom is -0.355 e. The van der Waals surface area contributed by atoms with E-state index in [4.69, 9.17) is 11.6 Å². The number of aryl methyl sites for hydroxylation is 1. The van der Waals surface area contributed by atoms with Crippen LogP contribution in [-0.4, -0.2) is 44.3 Å². The van der Waals surface area contributed by atoms with Gasteiger partial charge in [0.1, 0.15) is 12.6 Å². The number of hydrogen-bond donors (Lipinski definition) is 1. The third kappa shape index (κ3) is 7.57. The zero-order valence-electron chi connectivity index (χ0n) is 23.6. The van der Waals surface area contributed by atoms with Crippen LogP contribution in [0.15, 0.2) is 114 Å². The molecule has 1 atom stereocenters. The van der Waals surface area contributed by atoms with Gasteiger partial charge in [0.2, 0.25) is 11.8 Å². The van der Waals surface area contributed by atoms with Gasteiger partial charge in [0.05, 0.1) is 10.6 Å². The molecule has 0 spiro atoms. The van der Waals surface area contributed by atoms with Crippen molar-refractivity contribution in [1.29, 1.82) is 0 Å². The van der Waals surface area contributed by atoms with Gasteiger partial charge >= 0.3 is 0 Å². The Hall–Kier alpha value is -4.14. The van der Waals surface area contributed by atoms with E-state index in [1.54, 1.807) is 31.2 Å². The van der Waals surface area contributed by atoms with Crippen molar-refractivity contribution >= 4 is 39.1 Å². The maximum Gasteiger partial charge on any atom is 0.264 e. The van der Waals surface area contributed by atoms with Crippen molar-refractivity contribution in [3.8, 4) is 0 Å². The third-order valence-electron chi connectivity index (χ3n) is 6.88. The van der Waals surface area contributed by atoms with Gasteiger partial charge in [-0.3, -0.25) is 13.9 Å². The minimum absolute atomic E-state index is 0.00197. The summed E-state index contributed by atoms with van der Waals surface area (Å²) < 4.78 is 29.2. The summed E-state index contributed by atoms with van der Waals surface area (Å²) in [4.78, 5) is 29.3. The maximum atomic E-state index is 14.3. The molecule has 0 saturated heterocycles. The second-order valence-electron chi connectivity index (χ2n) is 9.86. The first-order valence-electron chi connectivity index (χ1n) is 13.7. The number of carbonyl (C=O) groups is 2. The summed E-state index contributed by atoms with van der Waals surface area (Å²) in [5.74, 6) is -0.819. The number of benzene rings is 4. The topological polar surface area (TPSA) is 86.8 Å². The molecule has 0 radical (unpaired) electrons. The summed E-state index contributed by atoms with van der Waals surface area (Å²) in [6.45, 7) is 3.61. The maximum absolute atomic E-state index is 14.3. The number of amides is 2. The number of halogens is 1. The normalized spacial score (nSPS) is 11.9. The number of nitrogens with zero attached hydrogens (tertiary/aromatic N) is 2. The van der Waals surface area contributed by atoms with Gasteiger partial charge in [-0.1, -0.05) is 90.5 Å². The fourth-order valence-electron chi connectivity index (χ4n) is 4.72. The van der Waals surface area contributed by atoms with Gasteiger partial charge in [-0.15, -0.1) is 0 Å². The molecule has 0 aromatic heterocycles. The molecule has 4 aromatic carbocycles. The Kier molecular flexibility index (Phi) is 10.4. The SMILES string of the molecule is CCNC(=O)[C@H](Cc1ccccc1)N(Cc1ccccc1)C(=O)CN(c1ccccc1C)S(=O)(=O)c1ccc(Cl)cc1. The number of carbonyl (C=O) groups excluding carboxylic acids is 2. The van der Waals surface area contributed by atoms with Crippen molar-refractivity contribution in [3.05, 3.63) is 131 Å². The van der Waals surface area contributed by atoms with Crippen LogP contribution >= 0.6 is 11.6 Å². The molecule has 0 unspecified atom stereocenters. The van der Waals surface area contributed by atoms with E-state index in [2.05, 4.69) is 5.32 Å². The molecule has 218 valence electrons. The summed E-state index contributed by atoms with van der Waals surface area (Å²) in [7, 11) is -4.18. The number of sulfonamides is 1.